The fraction of sp³-hybridized carbons (Fsp3) is 0.579. The number of nitrogens with one attached hydrogen (secondary N) is 1. The molecular weight excluding hydrogens is 304 g/mol. The molecule has 1 saturated heterocycles. The number of carbonyl (C=O) groups is 2. The van der Waals surface area contributed by atoms with Crippen molar-refractivity contribution in [2.45, 2.75) is 37.1 Å². The molecule has 2 unspecified atom stereocenters. The molecule has 1 aromatic carbocycles. The van der Waals surface area contributed by atoms with Crippen LogP contribution >= 0.6 is 0 Å². The molecule has 3 fully saturated rings. The minimum Gasteiger partial charge on any atom is -0.453 e. The van der Waals surface area contributed by atoms with Crippen LogP contribution in [0.15, 0.2) is 30.3 Å². The van der Waals surface area contributed by atoms with Gasteiger partial charge in [0.2, 0.25) is 5.91 Å². The summed E-state index contributed by atoms with van der Waals surface area (Å²) in [6, 6.07) is 10.8. The Morgan fingerprint density at radius 2 is 2.00 bits per heavy atom. The van der Waals surface area contributed by atoms with Crippen molar-refractivity contribution in [3.8, 4) is 0 Å². The number of piperidine rings is 1. The van der Waals surface area contributed by atoms with E-state index in [0.29, 0.717) is 11.3 Å². The third-order valence-electron chi connectivity index (χ3n) is 6.16. The summed E-state index contributed by atoms with van der Waals surface area (Å²) in [5, 5.41) is 2.77. The molecule has 0 radical (unpaired) electrons. The molecule has 2 saturated carbocycles. The number of ether oxygens (including phenoxy) is 1. The molecule has 2 atom stereocenters. The van der Waals surface area contributed by atoms with Crippen LogP contribution in [-0.4, -0.2) is 43.1 Å². The molecule has 2 amide bonds. The molecule has 0 spiro atoms. The summed E-state index contributed by atoms with van der Waals surface area (Å²) in [6.45, 7) is 1.75. The van der Waals surface area contributed by atoms with E-state index in [0.717, 1.165) is 32.4 Å². The Bertz CT molecular complexity index is 641. The average molecular weight is 328 g/mol. The highest BCUT2D eigenvalue weighted by molar-refractivity contribution is 5.80. The Kier molecular flexibility index (Phi) is 3.74. The lowest BCUT2D eigenvalue weighted by Crippen LogP contribution is -2.52. The Morgan fingerprint density at radius 1 is 1.25 bits per heavy atom. The van der Waals surface area contributed by atoms with E-state index in [1.807, 2.05) is 0 Å². The number of fused-ring (bicyclic) bond motifs is 1. The van der Waals surface area contributed by atoms with Crippen molar-refractivity contribution in [1.82, 2.24) is 10.2 Å². The van der Waals surface area contributed by atoms with Crippen molar-refractivity contribution in [2.75, 3.05) is 20.2 Å². The van der Waals surface area contributed by atoms with Gasteiger partial charge in [-0.15, -0.1) is 0 Å². The lowest BCUT2D eigenvalue weighted by molar-refractivity contribution is -0.140. The molecule has 3 aliphatic rings. The molecule has 0 bridgehead atoms. The molecule has 4 rings (SSSR count). The van der Waals surface area contributed by atoms with Gasteiger partial charge in [0.05, 0.1) is 7.11 Å². The summed E-state index contributed by atoms with van der Waals surface area (Å²) in [5.41, 5.74) is 1.76. The highest BCUT2D eigenvalue weighted by Gasteiger charge is 2.58. The number of benzene rings is 1. The van der Waals surface area contributed by atoms with E-state index in [4.69, 9.17) is 0 Å². The Hall–Kier alpha value is -2.04. The number of alkyl carbamates (subject to hydrolysis) is 1. The van der Waals surface area contributed by atoms with E-state index < -0.39 is 6.09 Å². The third-order valence-corrected chi connectivity index (χ3v) is 6.16. The number of hydrogen-bond donors (Lipinski definition) is 1. The molecule has 5 heteroatoms. The standard InChI is InChI=1S/C19H24N2O3/c1-24-18(23)20-16-9-13(10-16)17(22)21-8-7-19(11-15(19)12-21)14-5-3-2-4-6-14/h2-6,13,15-16H,7-12H2,1H3,(H,20,23). The highest BCUT2D eigenvalue weighted by Crippen LogP contribution is 2.59. The summed E-state index contributed by atoms with van der Waals surface area (Å²) in [5.74, 6) is 0.947. The van der Waals surface area contributed by atoms with Crippen LogP contribution in [0.4, 0.5) is 4.79 Å². The second-order valence-electron chi connectivity index (χ2n) is 7.46. The molecule has 128 valence electrons. The van der Waals surface area contributed by atoms with Gasteiger partial charge < -0.3 is 15.0 Å². The van der Waals surface area contributed by atoms with E-state index in [1.165, 1.54) is 19.1 Å². The minimum atomic E-state index is -0.408. The van der Waals surface area contributed by atoms with Gasteiger partial charge in [-0.3, -0.25) is 4.79 Å². The van der Waals surface area contributed by atoms with Gasteiger partial charge in [0.25, 0.3) is 0 Å². The molecule has 1 N–H and O–H groups in total. The zero-order valence-electron chi connectivity index (χ0n) is 14.0. The van der Waals surface area contributed by atoms with Crippen LogP contribution in [0.5, 0.6) is 0 Å². The lowest BCUT2D eigenvalue weighted by atomic mass is 9.78. The van der Waals surface area contributed by atoms with Crippen LogP contribution in [0.3, 0.4) is 0 Å². The zero-order valence-corrected chi connectivity index (χ0v) is 14.0. The number of hydrogen-bond acceptors (Lipinski definition) is 3. The topological polar surface area (TPSA) is 58.6 Å². The van der Waals surface area contributed by atoms with E-state index in [2.05, 4.69) is 45.3 Å². The number of methoxy groups -OCH3 is 1. The van der Waals surface area contributed by atoms with E-state index in [1.54, 1.807) is 0 Å². The predicted octanol–water partition coefficient (Wildman–Crippen LogP) is 2.31. The molecular formula is C19H24N2O3. The van der Waals surface area contributed by atoms with Crippen LogP contribution in [0.2, 0.25) is 0 Å². The predicted molar refractivity (Wildman–Crippen MR) is 89.5 cm³/mol. The van der Waals surface area contributed by atoms with E-state index >= 15 is 0 Å². The maximum Gasteiger partial charge on any atom is 0.407 e. The molecule has 1 heterocycles. The van der Waals surface area contributed by atoms with Crippen molar-refractivity contribution >= 4 is 12.0 Å². The second-order valence-corrected chi connectivity index (χ2v) is 7.46. The molecule has 0 aromatic heterocycles. The molecule has 2 aliphatic carbocycles. The number of carbonyl (C=O) groups excluding carboxylic acids is 2. The maximum atomic E-state index is 12.7. The number of likely N-dealkylation sites (tertiary alicyclic amines) is 1. The van der Waals surface area contributed by atoms with Crippen molar-refractivity contribution < 1.29 is 14.3 Å². The molecule has 1 aromatic rings. The molecule has 1 aliphatic heterocycles. The Morgan fingerprint density at radius 3 is 2.67 bits per heavy atom. The SMILES string of the molecule is COC(=O)NC1CC(C(=O)N2CCC3(c4ccccc4)CC3C2)C1. The van der Waals surface area contributed by atoms with Gasteiger partial charge in [0.1, 0.15) is 0 Å². The van der Waals surface area contributed by atoms with Gasteiger partial charge in [-0.05, 0) is 37.2 Å². The molecule has 5 nitrogen and oxygen atoms in total. The van der Waals surface area contributed by atoms with Gasteiger partial charge in [0, 0.05) is 30.5 Å². The first kappa shape index (κ1) is 15.5. The summed E-state index contributed by atoms with van der Waals surface area (Å²) in [7, 11) is 1.36. The lowest BCUT2D eigenvalue weighted by Gasteiger charge is -2.40. The van der Waals surface area contributed by atoms with Crippen LogP contribution < -0.4 is 5.32 Å². The first-order chi connectivity index (χ1) is 11.6. The highest BCUT2D eigenvalue weighted by atomic mass is 16.5. The number of rotatable bonds is 3. The normalized spacial score (nSPS) is 33.9. The van der Waals surface area contributed by atoms with Gasteiger partial charge in [0.15, 0.2) is 0 Å². The van der Waals surface area contributed by atoms with Gasteiger partial charge >= 0.3 is 6.09 Å². The fourth-order valence-corrected chi connectivity index (χ4v) is 4.51. The van der Waals surface area contributed by atoms with Crippen molar-refractivity contribution in [3.63, 3.8) is 0 Å². The minimum absolute atomic E-state index is 0.0649. The van der Waals surface area contributed by atoms with Crippen LogP contribution in [-0.2, 0) is 14.9 Å². The largest absolute Gasteiger partial charge is 0.453 e. The van der Waals surface area contributed by atoms with E-state index in [9.17, 15) is 9.59 Å². The first-order valence-electron chi connectivity index (χ1n) is 8.81. The van der Waals surface area contributed by atoms with Crippen molar-refractivity contribution in [2.24, 2.45) is 11.8 Å². The monoisotopic (exact) mass is 328 g/mol. The summed E-state index contributed by atoms with van der Waals surface area (Å²) < 4.78 is 4.60. The van der Waals surface area contributed by atoms with Crippen molar-refractivity contribution in [1.29, 1.82) is 0 Å². The number of nitrogens with zero attached hydrogens (tertiary/aromatic N) is 1. The van der Waals surface area contributed by atoms with Crippen LogP contribution in [0, 0.1) is 11.8 Å². The van der Waals surface area contributed by atoms with Gasteiger partial charge in [-0.1, -0.05) is 30.3 Å². The Balaban J connectivity index is 1.30. The quantitative estimate of drug-likeness (QED) is 0.926. The first-order valence-corrected chi connectivity index (χ1v) is 8.81. The summed E-state index contributed by atoms with van der Waals surface area (Å²) >= 11 is 0. The molecule has 24 heavy (non-hydrogen) atoms. The van der Waals surface area contributed by atoms with Crippen LogP contribution in [0.1, 0.15) is 31.2 Å². The van der Waals surface area contributed by atoms with Crippen LogP contribution in [0.25, 0.3) is 0 Å². The summed E-state index contributed by atoms with van der Waals surface area (Å²) in [4.78, 5) is 25.9. The number of amides is 2. The second kappa shape index (κ2) is 5.80. The Labute approximate surface area is 142 Å². The smallest absolute Gasteiger partial charge is 0.407 e. The third kappa shape index (κ3) is 2.56. The van der Waals surface area contributed by atoms with Crippen molar-refractivity contribution in [3.05, 3.63) is 35.9 Å². The van der Waals surface area contributed by atoms with Gasteiger partial charge in [-0.2, -0.15) is 0 Å². The van der Waals surface area contributed by atoms with E-state index in [-0.39, 0.29) is 17.9 Å². The fourth-order valence-electron chi connectivity index (χ4n) is 4.51. The zero-order chi connectivity index (χ0) is 16.7. The van der Waals surface area contributed by atoms with Gasteiger partial charge in [-0.25, -0.2) is 4.79 Å². The average Bonchev–Trinajstić information content (AvgIpc) is 3.32. The summed E-state index contributed by atoms with van der Waals surface area (Å²) in [6.07, 6.45) is 3.34. The maximum absolute atomic E-state index is 12.7.